The largest absolute Gasteiger partial charge is 0.463 e. The molecule has 14 heavy (non-hydrogen) atoms. The molecule has 0 spiro atoms. The zero-order valence-corrected chi connectivity index (χ0v) is 8.09. The van der Waals surface area contributed by atoms with Gasteiger partial charge in [0, 0.05) is 6.08 Å². The molecule has 0 amide bonds. The first kappa shape index (κ1) is 13.1. The van der Waals surface area contributed by atoms with Crippen LogP contribution in [0.2, 0.25) is 0 Å². The lowest BCUT2D eigenvalue weighted by Gasteiger charge is -2.12. The summed E-state index contributed by atoms with van der Waals surface area (Å²) in [6.45, 7) is 1.48. The minimum Gasteiger partial charge on any atom is -0.463 e. The standard InChI is InChI=1S/C9H16O5/c1-2-14-9(13)5-3-4-7(11)8(12)6-10/h3,5,7-8,10-12H,2,4,6H2,1H3/b5-3+/t7-,8+/m1/s1. The summed E-state index contributed by atoms with van der Waals surface area (Å²) in [6.07, 6.45) is 0.423. The fourth-order valence-electron chi connectivity index (χ4n) is 0.773. The van der Waals surface area contributed by atoms with Crippen molar-refractivity contribution in [3.63, 3.8) is 0 Å². The highest BCUT2D eigenvalue weighted by molar-refractivity contribution is 5.81. The second-order valence-electron chi connectivity index (χ2n) is 2.71. The number of rotatable bonds is 6. The molecule has 0 aliphatic rings. The van der Waals surface area contributed by atoms with Gasteiger partial charge in [-0.1, -0.05) is 6.08 Å². The number of hydrogen-bond acceptors (Lipinski definition) is 5. The van der Waals surface area contributed by atoms with Crippen molar-refractivity contribution in [1.29, 1.82) is 0 Å². The van der Waals surface area contributed by atoms with Crippen LogP contribution >= 0.6 is 0 Å². The molecule has 0 heterocycles. The highest BCUT2D eigenvalue weighted by Crippen LogP contribution is 1.99. The van der Waals surface area contributed by atoms with Gasteiger partial charge in [-0.15, -0.1) is 0 Å². The smallest absolute Gasteiger partial charge is 0.330 e. The third kappa shape index (κ3) is 5.69. The predicted molar refractivity (Wildman–Crippen MR) is 49.5 cm³/mol. The Balaban J connectivity index is 3.75. The first-order chi connectivity index (χ1) is 6.61. The van der Waals surface area contributed by atoms with Crippen LogP contribution in [0.3, 0.4) is 0 Å². The Morgan fingerprint density at radius 2 is 2.07 bits per heavy atom. The van der Waals surface area contributed by atoms with E-state index in [1.807, 2.05) is 0 Å². The fourth-order valence-corrected chi connectivity index (χ4v) is 0.773. The van der Waals surface area contributed by atoms with Crippen LogP contribution < -0.4 is 0 Å². The zero-order valence-electron chi connectivity index (χ0n) is 8.09. The van der Waals surface area contributed by atoms with E-state index in [0.29, 0.717) is 6.61 Å². The zero-order chi connectivity index (χ0) is 11.0. The monoisotopic (exact) mass is 204 g/mol. The van der Waals surface area contributed by atoms with Crippen molar-refractivity contribution in [3.8, 4) is 0 Å². The molecule has 0 aromatic heterocycles. The highest BCUT2D eigenvalue weighted by Gasteiger charge is 2.12. The Hall–Kier alpha value is -0.910. The van der Waals surface area contributed by atoms with E-state index in [1.54, 1.807) is 6.92 Å². The van der Waals surface area contributed by atoms with E-state index < -0.39 is 24.8 Å². The molecular formula is C9H16O5. The quantitative estimate of drug-likeness (QED) is 0.390. The number of carbonyl (C=O) groups excluding carboxylic acids is 1. The summed E-state index contributed by atoms with van der Waals surface area (Å²) in [5, 5.41) is 26.6. The van der Waals surface area contributed by atoms with E-state index in [0.717, 1.165) is 0 Å². The maximum atomic E-state index is 10.8. The van der Waals surface area contributed by atoms with Crippen molar-refractivity contribution in [2.24, 2.45) is 0 Å². The van der Waals surface area contributed by atoms with Crippen LogP contribution in [0.25, 0.3) is 0 Å². The van der Waals surface area contributed by atoms with Crippen LogP contribution in [0.1, 0.15) is 13.3 Å². The van der Waals surface area contributed by atoms with Crippen LogP contribution in [-0.4, -0.2) is 46.7 Å². The van der Waals surface area contributed by atoms with Gasteiger partial charge >= 0.3 is 5.97 Å². The van der Waals surface area contributed by atoms with Crippen molar-refractivity contribution in [2.45, 2.75) is 25.6 Å². The maximum Gasteiger partial charge on any atom is 0.330 e. The van der Waals surface area contributed by atoms with Gasteiger partial charge in [-0.25, -0.2) is 4.79 Å². The third-order valence-corrected chi connectivity index (χ3v) is 1.55. The van der Waals surface area contributed by atoms with Crippen molar-refractivity contribution in [2.75, 3.05) is 13.2 Å². The second kappa shape index (κ2) is 7.49. The van der Waals surface area contributed by atoms with Crippen LogP contribution in [0.4, 0.5) is 0 Å². The van der Waals surface area contributed by atoms with Gasteiger partial charge in [0.15, 0.2) is 0 Å². The maximum absolute atomic E-state index is 10.8. The van der Waals surface area contributed by atoms with Crippen LogP contribution in [0.15, 0.2) is 12.2 Å². The molecule has 0 radical (unpaired) electrons. The molecule has 0 rings (SSSR count). The van der Waals surface area contributed by atoms with Gasteiger partial charge in [0.25, 0.3) is 0 Å². The molecule has 0 unspecified atom stereocenters. The lowest BCUT2D eigenvalue weighted by atomic mass is 10.1. The Morgan fingerprint density at radius 1 is 1.43 bits per heavy atom. The Morgan fingerprint density at radius 3 is 2.57 bits per heavy atom. The van der Waals surface area contributed by atoms with Gasteiger partial charge in [0.1, 0.15) is 6.10 Å². The molecule has 0 bridgehead atoms. The molecule has 5 nitrogen and oxygen atoms in total. The molecule has 0 aromatic carbocycles. The average Bonchev–Trinajstić information content (AvgIpc) is 2.16. The molecule has 0 saturated carbocycles. The van der Waals surface area contributed by atoms with Gasteiger partial charge in [-0.3, -0.25) is 0 Å². The van der Waals surface area contributed by atoms with Gasteiger partial charge in [-0.2, -0.15) is 0 Å². The summed E-state index contributed by atoms with van der Waals surface area (Å²) in [5.41, 5.74) is 0. The molecule has 0 fully saturated rings. The van der Waals surface area contributed by atoms with Crippen LogP contribution in [0.5, 0.6) is 0 Å². The van der Waals surface area contributed by atoms with Crippen LogP contribution in [-0.2, 0) is 9.53 Å². The Kier molecular flexibility index (Phi) is 7.00. The molecule has 0 aliphatic heterocycles. The lowest BCUT2D eigenvalue weighted by Crippen LogP contribution is -2.28. The normalized spacial score (nSPS) is 15.4. The average molecular weight is 204 g/mol. The summed E-state index contributed by atoms with van der Waals surface area (Å²) >= 11 is 0. The van der Waals surface area contributed by atoms with Crippen LogP contribution in [0, 0.1) is 0 Å². The van der Waals surface area contributed by atoms with Gasteiger partial charge in [-0.05, 0) is 13.3 Å². The number of carbonyl (C=O) groups is 1. The van der Waals surface area contributed by atoms with Gasteiger partial charge in [0.05, 0.1) is 19.3 Å². The number of aliphatic hydroxyl groups is 3. The van der Waals surface area contributed by atoms with E-state index in [4.69, 9.17) is 15.3 Å². The fraction of sp³-hybridized carbons (Fsp3) is 0.667. The van der Waals surface area contributed by atoms with Crippen molar-refractivity contribution < 1.29 is 24.9 Å². The molecule has 0 aromatic rings. The summed E-state index contributed by atoms with van der Waals surface area (Å²) in [6, 6.07) is 0. The van der Waals surface area contributed by atoms with Crippen molar-refractivity contribution >= 4 is 5.97 Å². The number of esters is 1. The van der Waals surface area contributed by atoms with Gasteiger partial charge in [0.2, 0.25) is 0 Å². The lowest BCUT2D eigenvalue weighted by molar-refractivity contribution is -0.137. The van der Waals surface area contributed by atoms with Crippen molar-refractivity contribution in [1.82, 2.24) is 0 Å². The van der Waals surface area contributed by atoms with E-state index >= 15 is 0 Å². The minimum atomic E-state index is -1.18. The predicted octanol–water partition coefficient (Wildman–Crippen LogP) is -0.790. The Labute approximate surface area is 82.6 Å². The summed E-state index contributed by atoms with van der Waals surface area (Å²) in [4.78, 5) is 10.8. The molecular weight excluding hydrogens is 188 g/mol. The Bertz CT molecular complexity index is 190. The van der Waals surface area contributed by atoms with Gasteiger partial charge < -0.3 is 20.1 Å². The number of ether oxygens (including phenoxy) is 1. The second-order valence-corrected chi connectivity index (χ2v) is 2.71. The topological polar surface area (TPSA) is 87.0 Å². The highest BCUT2D eigenvalue weighted by atomic mass is 16.5. The van der Waals surface area contributed by atoms with E-state index in [2.05, 4.69) is 4.74 Å². The van der Waals surface area contributed by atoms with E-state index in [-0.39, 0.29) is 6.42 Å². The molecule has 0 aliphatic carbocycles. The number of hydrogen-bond donors (Lipinski definition) is 3. The third-order valence-electron chi connectivity index (χ3n) is 1.55. The molecule has 2 atom stereocenters. The summed E-state index contributed by atoms with van der Waals surface area (Å²) in [5.74, 6) is -0.488. The first-order valence-electron chi connectivity index (χ1n) is 4.42. The molecule has 0 saturated heterocycles. The van der Waals surface area contributed by atoms with E-state index in [1.165, 1.54) is 12.2 Å². The summed E-state index contributed by atoms with van der Waals surface area (Å²) in [7, 11) is 0. The van der Waals surface area contributed by atoms with E-state index in [9.17, 15) is 4.79 Å². The first-order valence-corrected chi connectivity index (χ1v) is 4.42. The molecule has 5 heteroatoms. The minimum absolute atomic E-state index is 0.0978. The SMILES string of the molecule is CCOC(=O)/C=C/C[C@@H](O)[C@@H](O)CO. The van der Waals surface area contributed by atoms with Crippen molar-refractivity contribution in [3.05, 3.63) is 12.2 Å². The molecule has 82 valence electrons. The number of aliphatic hydroxyl groups excluding tert-OH is 3. The molecule has 3 N–H and O–H groups in total. The summed E-state index contributed by atoms with van der Waals surface area (Å²) < 4.78 is 4.59.